The summed E-state index contributed by atoms with van der Waals surface area (Å²) >= 11 is 5.94. The van der Waals surface area contributed by atoms with Crippen molar-refractivity contribution in [3.63, 3.8) is 0 Å². The minimum Gasteiger partial charge on any atom is -0.463 e. The van der Waals surface area contributed by atoms with Gasteiger partial charge in [-0.15, -0.1) is 0 Å². The fraction of sp³-hybridized carbons (Fsp3) is 0.304. The fourth-order valence-corrected chi connectivity index (χ4v) is 3.32. The highest BCUT2D eigenvalue weighted by atomic mass is 35.5. The Morgan fingerprint density at radius 1 is 1.10 bits per heavy atom. The molecule has 0 bridgehead atoms. The van der Waals surface area contributed by atoms with Crippen molar-refractivity contribution >= 4 is 28.7 Å². The Hall–Kier alpha value is -2.79. The van der Waals surface area contributed by atoms with Crippen molar-refractivity contribution in [1.82, 2.24) is 0 Å². The zero-order valence-electron chi connectivity index (χ0n) is 16.5. The number of halogens is 1. The van der Waals surface area contributed by atoms with E-state index in [1.807, 2.05) is 0 Å². The average Bonchev–Trinajstić information content (AvgIpc) is 2.72. The first kappa shape index (κ1) is 20.9. The van der Waals surface area contributed by atoms with Crippen LogP contribution in [0, 0.1) is 0 Å². The molecule has 0 aliphatic carbocycles. The molecule has 152 valence electrons. The summed E-state index contributed by atoms with van der Waals surface area (Å²) in [7, 11) is 1.25. The molecule has 2 aromatic carbocycles. The van der Waals surface area contributed by atoms with Crippen LogP contribution in [0.3, 0.4) is 0 Å². The third-order valence-corrected chi connectivity index (χ3v) is 5.02. The van der Waals surface area contributed by atoms with Crippen LogP contribution in [0.4, 0.5) is 4.79 Å². The number of rotatable bonds is 7. The quantitative estimate of drug-likeness (QED) is 0.255. The summed E-state index contributed by atoms with van der Waals surface area (Å²) in [5.41, 5.74) is 2.16. The summed E-state index contributed by atoms with van der Waals surface area (Å²) in [5, 5.41) is 1.04. The summed E-state index contributed by atoms with van der Waals surface area (Å²) < 4.78 is 15.6. The Bertz CT molecular complexity index is 1050. The minimum absolute atomic E-state index is 0.145. The predicted molar refractivity (Wildman–Crippen MR) is 114 cm³/mol. The monoisotopic (exact) mass is 414 g/mol. The Morgan fingerprint density at radius 2 is 1.86 bits per heavy atom. The Balaban J connectivity index is 2.05. The lowest BCUT2D eigenvalue weighted by Gasteiger charge is -2.11. The lowest BCUT2D eigenvalue weighted by molar-refractivity contribution is 0.121. The largest absolute Gasteiger partial charge is 0.513 e. The van der Waals surface area contributed by atoms with Gasteiger partial charge in [-0.3, -0.25) is 4.79 Å². The molecule has 1 aromatic heterocycles. The van der Waals surface area contributed by atoms with Crippen LogP contribution in [0.2, 0.25) is 5.02 Å². The highest BCUT2D eigenvalue weighted by molar-refractivity contribution is 6.30. The van der Waals surface area contributed by atoms with Gasteiger partial charge in [-0.2, -0.15) is 0 Å². The molecular weight excluding hydrogens is 392 g/mol. The van der Waals surface area contributed by atoms with Gasteiger partial charge in [-0.25, -0.2) is 4.79 Å². The van der Waals surface area contributed by atoms with Gasteiger partial charge in [0.2, 0.25) is 5.43 Å². The van der Waals surface area contributed by atoms with Crippen molar-refractivity contribution in [1.29, 1.82) is 0 Å². The Kier molecular flexibility index (Phi) is 6.94. The molecular formula is C23H23ClO5. The molecule has 0 spiro atoms. The van der Waals surface area contributed by atoms with E-state index in [1.54, 1.807) is 36.4 Å². The number of methoxy groups -OCH3 is 1. The van der Waals surface area contributed by atoms with Gasteiger partial charge in [-0.05, 0) is 42.2 Å². The third kappa shape index (κ3) is 4.98. The van der Waals surface area contributed by atoms with Crippen LogP contribution in [0.25, 0.3) is 22.1 Å². The van der Waals surface area contributed by atoms with Crippen molar-refractivity contribution in [3.05, 3.63) is 63.5 Å². The second-order valence-corrected chi connectivity index (χ2v) is 7.24. The number of carbonyl (C=O) groups excluding carboxylic acids is 1. The molecule has 0 saturated heterocycles. The molecule has 0 amide bonds. The zero-order chi connectivity index (χ0) is 20.8. The molecule has 0 aliphatic heterocycles. The summed E-state index contributed by atoms with van der Waals surface area (Å²) in [6, 6.07) is 10.3. The number of unbranched alkanes of at least 4 members (excludes halogenated alkanes) is 3. The summed E-state index contributed by atoms with van der Waals surface area (Å²) in [4.78, 5) is 24.7. The van der Waals surface area contributed by atoms with E-state index in [2.05, 4.69) is 11.7 Å². The molecule has 0 unspecified atom stereocenters. The van der Waals surface area contributed by atoms with Gasteiger partial charge >= 0.3 is 6.16 Å². The molecule has 0 fully saturated rings. The van der Waals surface area contributed by atoms with E-state index in [9.17, 15) is 9.59 Å². The number of fused-ring (bicyclic) bond motifs is 1. The standard InChI is InChI=1S/C23H23ClO5/c1-3-4-5-6-7-16-12-18-21(13-20(16)29-23(26)27-2)28-14-19(22(18)25)15-8-10-17(24)11-9-15/h8-14H,3-7H2,1-2H3. The molecule has 1 heterocycles. The first-order valence-corrected chi connectivity index (χ1v) is 10.0. The van der Waals surface area contributed by atoms with E-state index in [4.69, 9.17) is 20.8 Å². The van der Waals surface area contributed by atoms with Crippen LogP contribution >= 0.6 is 11.6 Å². The van der Waals surface area contributed by atoms with Crippen molar-refractivity contribution < 1.29 is 18.7 Å². The molecule has 0 radical (unpaired) electrons. The highest BCUT2D eigenvalue weighted by Gasteiger charge is 2.16. The van der Waals surface area contributed by atoms with Crippen molar-refractivity contribution in [2.24, 2.45) is 0 Å². The lowest BCUT2D eigenvalue weighted by Crippen LogP contribution is -2.10. The van der Waals surface area contributed by atoms with Crippen molar-refractivity contribution in [3.8, 4) is 16.9 Å². The molecule has 0 atom stereocenters. The van der Waals surface area contributed by atoms with Crippen molar-refractivity contribution in [2.45, 2.75) is 39.0 Å². The summed E-state index contributed by atoms with van der Waals surface area (Å²) in [6.45, 7) is 2.14. The van der Waals surface area contributed by atoms with E-state index in [-0.39, 0.29) is 5.43 Å². The number of hydrogen-bond donors (Lipinski definition) is 0. The van der Waals surface area contributed by atoms with Gasteiger partial charge in [0.05, 0.1) is 18.1 Å². The number of aryl methyl sites for hydroxylation is 1. The predicted octanol–water partition coefficient (Wildman–Crippen LogP) is 6.38. The maximum absolute atomic E-state index is 13.1. The van der Waals surface area contributed by atoms with E-state index in [0.29, 0.717) is 33.7 Å². The molecule has 5 nitrogen and oxygen atoms in total. The van der Waals surface area contributed by atoms with Crippen LogP contribution in [0.1, 0.15) is 38.2 Å². The molecule has 3 rings (SSSR count). The summed E-state index contributed by atoms with van der Waals surface area (Å²) in [5.74, 6) is 0.350. The zero-order valence-corrected chi connectivity index (χ0v) is 17.3. The second kappa shape index (κ2) is 9.61. The summed E-state index contributed by atoms with van der Waals surface area (Å²) in [6.07, 6.45) is 5.54. The van der Waals surface area contributed by atoms with Crippen LogP contribution in [0.5, 0.6) is 5.75 Å². The lowest BCUT2D eigenvalue weighted by atomic mass is 10.0. The SMILES string of the molecule is CCCCCCc1cc2c(=O)c(-c3ccc(Cl)cc3)coc2cc1OC(=O)OC. The number of carbonyl (C=O) groups is 1. The molecule has 6 heteroatoms. The maximum Gasteiger partial charge on any atom is 0.513 e. The van der Waals surface area contributed by atoms with Gasteiger partial charge in [0, 0.05) is 11.1 Å². The number of ether oxygens (including phenoxy) is 2. The van der Waals surface area contributed by atoms with Gasteiger partial charge < -0.3 is 13.9 Å². The van der Waals surface area contributed by atoms with Gasteiger partial charge in [0.1, 0.15) is 17.6 Å². The van der Waals surface area contributed by atoms with Crippen LogP contribution in [-0.2, 0) is 11.2 Å². The molecule has 0 aliphatic rings. The van der Waals surface area contributed by atoms with E-state index in [0.717, 1.165) is 36.8 Å². The first-order valence-electron chi connectivity index (χ1n) is 9.63. The highest BCUT2D eigenvalue weighted by Crippen LogP contribution is 2.29. The third-order valence-electron chi connectivity index (χ3n) is 4.77. The average molecular weight is 415 g/mol. The van der Waals surface area contributed by atoms with Crippen LogP contribution < -0.4 is 10.2 Å². The van der Waals surface area contributed by atoms with Gasteiger partial charge in [-0.1, -0.05) is 49.9 Å². The van der Waals surface area contributed by atoms with E-state index in [1.165, 1.54) is 13.4 Å². The molecule has 29 heavy (non-hydrogen) atoms. The van der Waals surface area contributed by atoms with Crippen LogP contribution in [-0.4, -0.2) is 13.3 Å². The topological polar surface area (TPSA) is 65.7 Å². The van der Waals surface area contributed by atoms with Gasteiger partial charge in [0.15, 0.2) is 0 Å². The molecule has 0 saturated carbocycles. The maximum atomic E-state index is 13.1. The molecule has 0 N–H and O–H groups in total. The Morgan fingerprint density at radius 3 is 2.55 bits per heavy atom. The normalized spacial score (nSPS) is 10.9. The Labute approximate surface area is 174 Å². The fourth-order valence-electron chi connectivity index (χ4n) is 3.19. The van der Waals surface area contributed by atoms with Crippen LogP contribution in [0.15, 0.2) is 51.9 Å². The van der Waals surface area contributed by atoms with E-state index >= 15 is 0 Å². The second-order valence-electron chi connectivity index (χ2n) is 6.81. The smallest absolute Gasteiger partial charge is 0.463 e. The van der Waals surface area contributed by atoms with Gasteiger partial charge in [0.25, 0.3) is 0 Å². The number of hydrogen-bond acceptors (Lipinski definition) is 5. The minimum atomic E-state index is -0.806. The van der Waals surface area contributed by atoms with E-state index < -0.39 is 6.16 Å². The van der Waals surface area contributed by atoms with Crippen molar-refractivity contribution in [2.75, 3.05) is 7.11 Å². The first-order chi connectivity index (χ1) is 14.0. The molecule has 3 aromatic rings. The number of benzene rings is 2.